The molecule has 28 heavy (non-hydrogen) atoms. The molecule has 2 heterocycles. The summed E-state index contributed by atoms with van der Waals surface area (Å²) in [5, 5.41) is 12.4. The minimum Gasteiger partial charge on any atom is -0.411 e. The van der Waals surface area contributed by atoms with Crippen molar-refractivity contribution in [3.63, 3.8) is 0 Å². The lowest BCUT2D eigenvalue weighted by atomic mass is 10.0. The Balaban J connectivity index is 0.00000108. The molecule has 0 aromatic carbocycles. The largest absolute Gasteiger partial charge is 0.411 e. The summed E-state index contributed by atoms with van der Waals surface area (Å²) >= 11 is 12.4. The Morgan fingerprint density at radius 2 is 1.86 bits per heavy atom. The number of hydrogen-bond donors (Lipinski definition) is 2. The number of anilines is 1. The van der Waals surface area contributed by atoms with Gasteiger partial charge in [0.15, 0.2) is 0 Å². The van der Waals surface area contributed by atoms with Gasteiger partial charge in [0.1, 0.15) is 10.8 Å². The number of alkyl halides is 1. The Bertz CT molecular complexity index is 769. The van der Waals surface area contributed by atoms with Crippen molar-refractivity contribution in [3.8, 4) is 0 Å². The minimum atomic E-state index is -0.249. The predicted octanol–water partition coefficient (Wildman–Crippen LogP) is 6.01. The normalized spacial score (nSPS) is 13.7. The molecule has 8 heteroatoms. The van der Waals surface area contributed by atoms with Gasteiger partial charge in [0.25, 0.3) is 0 Å². The summed E-state index contributed by atoms with van der Waals surface area (Å²) in [7, 11) is 0. The zero-order chi connectivity index (χ0) is 21.9. The number of rotatable bonds is 5. The summed E-state index contributed by atoms with van der Waals surface area (Å²) in [5.41, 5.74) is 7.29. The van der Waals surface area contributed by atoms with Crippen molar-refractivity contribution in [1.29, 1.82) is 0 Å². The lowest BCUT2D eigenvalue weighted by Crippen LogP contribution is -2.14. The van der Waals surface area contributed by atoms with E-state index in [9.17, 15) is 0 Å². The van der Waals surface area contributed by atoms with Crippen LogP contribution in [0.4, 0.5) is 5.95 Å². The van der Waals surface area contributed by atoms with E-state index in [0.29, 0.717) is 17.3 Å². The number of nitrogen functional groups attached to an aromatic ring is 1. The van der Waals surface area contributed by atoms with Crippen molar-refractivity contribution in [2.75, 3.05) is 5.73 Å². The van der Waals surface area contributed by atoms with Gasteiger partial charge in [0.2, 0.25) is 5.95 Å². The third kappa shape index (κ3) is 8.48. The second kappa shape index (κ2) is 13.4. The molecule has 0 saturated heterocycles. The molecule has 0 aliphatic carbocycles. The topological polar surface area (TPSA) is 89.3 Å². The van der Waals surface area contributed by atoms with Gasteiger partial charge in [-0.05, 0) is 18.9 Å². The van der Waals surface area contributed by atoms with Crippen LogP contribution in [0.15, 0.2) is 29.1 Å². The van der Waals surface area contributed by atoms with Crippen molar-refractivity contribution in [1.82, 2.24) is 14.5 Å². The molecular weight excluding hydrogens is 397 g/mol. The van der Waals surface area contributed by atoms with E-state index in [1.54, 1.807) is 0 Å². The van der Waals surface area contributed by atoms with Crippen molar-refractivity contribution in [2.45, 2.75) is 60.4 Å². The third-order valence-corrected chi connectivity index (χ3v) is 4.43. The van der Waals surface area contributed by atoms with Crippen LogP contribution in [0.5, 0.6) is 0 Å². The van der Waals surface area contributed by atoms with E-state index < -0.39 is 0 Å². The number of hydrogen-bond acceptors (Lipinski definition) is 5. The van der Waals surface area contributed by atoms with E-state index in [4.69, 9.17) is 34.1 Å². The number of nitrogens with zero attached hydrogens (tertiary/aromatic N) is 4. The van der Waals surface area contributed by atoms with Crippen molar-refractivity contribution in [3.05, 3.63) is 29.1 Å². The molecular formula is C20H33Cl2N5O. The molecule has 158 valence electrons. The molecule has 0 aliphatic heterocycles. The Labute approximate surface area is 178 Å². The van der Waals surface area contributed by atoms with Gasteiger partial charge in [-0.1, -0.05) is 64.8 Å². The molecule has 2 rings (SSSR count). The van der Waals surface area contributed by atoms with E-state index >= 15 is 0 Å². The molecule has 0 aliphatic rings. The number of halogens is 2. The average Bonchev–Trinajstić information content (AvgIpc) is 3.03. The molecule has 3 N–H and O–H groups in total. The molecule has 0 bridgehead atoms. The quantitative estimate of drug-likeness (QED) is 0.152. The Morgan fingerprint density at radius 3 is 2.39 bits per heavy atom. The highest BCUT2D eigenvalue weighted by Crippen LogP contribution is 2.23. The van der Waals surface area contributed by atoms with Gasteiger partial charge in [0, 0.05) is 24.9 Å². The Morgan fingerprint density at radius 1 is 1.29 bits per heavy atom. The summed E-state index contributed by atoms with van der Waals surface area (Å²) in [6.45, 7) is 14.9. The fourth-order valence-electron chi connectivity index (χ4n) is 2.14. The lowest BCUT2D eigenvalue weighted by Gasteiger charge is -2.14. The van der Waals surface area contributed by atoms with E-state index in [0.717, 1.165) is 16.9 Å². The van der Waals surface area contributed by atoms with Gasteiger partial charge in [-0.15, -0.1) is 16.8 Å². The molecule has 6 nitrogen and oxygen atoms in total. The first-order chi connectivity index (χ1) is 13.2. The van der Waals surface area contributed by atoms with Gasteiger partial charge in [-0.2, -0.15) is 4.98 Å². The maximum absolute atomic E-state index is 8.57. The molecule has 0 spiro atoms. The van der Waals surface area contributed by atoms with Crippen LogP contribution in [-0.4, -0.2) is 31.3 Å². The second-order valence-corrected chi connectivity index (χ2v) is 7.61. The van der Waals surface area contributed by atoms with Crippen LogP contribution in [0, 0.1) is 11.8 Å². The van der Waals surface area contributed by atoms with Crippen LogP contribution in [0.1, 0.15) is 48.5 Å². The molecule has 2 aromatic heterocycles. The maximum Gasteiger partial charge on any atom is 0.223 e. The monoisotopic (exact) mass is 429 g/mol. The number of nitrogens with two attached hydrogens (primary N) is 1. The molecule has 0 amide bonds. The van der Waals surface area contributed by atoms with Crippen LogP contribution in [0.3, 0.4) is 0 Å². The first-order valence-corrected chi connectivity index (χ1v) is 10.2. The molecule has 2 unspecified atom stereocenters. The molecule has 2 atom stereocenters. The third-order valence-electron chi connectivity index (χ3n) is 3.40. The first-order valence-electron chi connectivity index (χ1n) is 9.43. The second-order valence-electron chi connectivity index (χ2n) is 6.78. The standard InChI is InChI=1S/C14H17Cl2N5O.C4H10.C2H6/c1-8(11(15)9(2)7-18-22)3-5-21-6-4-10-12(16)19-14(17)20-13(10)21;1-4(2)3;1-2/h3-4,6-7,9,11,22H,5H2,1-2H3,(H2,17,19,20);4H,1-3H3;1-2H3/b8-3+,18-7+;;. The van der Waals surface area contributed by atoms with E-state index in [1.807, 2.05) is 50.6 Å². The van der Waals surface area contributed by atoms with Gasteiger partial charge >= 0.3 is 0 Å². The number of oxime groups is 1. The summed E-state index contributed by atoms with van der Waals surface area (Å²) in [4.78, 5) is 8.14. The van der Waals surface area contributed by atoms with Crippen LogP contribution in [0.2, 0.25) is 5.15 Å². The van der Waals surface area contributed by atoms with E-state index in [2.05, 4.69) is 35.9 Å². The number of allylic oxidation sites excluding steroid dienone is 2. The first kappa shape index (κ1) is 26.2. The van der Waals surface area contributed by atoms with Gasteiger partial charge < -0.3 is 15.5 Å². The van der Waals surface area contributed by atoms with Crippen LogP contribution >= 0.6 is 23.2 Å². The fourth-order valence-corrected chi connectivity index (χ4v) is 2.53. The lowest BCUT2D eigenvalue weighted by molar-refractivity contribution is 0.318. The molecule has 0 fully saturated rings. The highest BCUT2D eigenvalue weighted by molar-refractivity contribution is 6.34. The van der Waals surface area contributed by atoms with E-state index in [-0.39, 0.29) is 17.2 Å². The number of aromatic nitrogens is 3. The average molecular weight is 430 g/mol. The predicted molar refractivity (Wildman–Crippen MR) is 122 cm³/mol. The molecule has 0 saturated carbocycles. The zero-order valence-electron chi connectivity index (χ0n) is 17.8. The van der Waals surface area contributed by atoms with Crippen molar-refractivity contribution in [2.24, 2.45) is 17.0 Å². The smallest absolute Gasteiger partial charge is 0.223 e. The summed E-state index contributed by atoms with van der Waals surface area (Å²) in [6.07, 6.45) is 5.27. The summed E-state index contributed by atoms with van der Waals surface area (Å²) in [6, 6.07) is 1.85. The van der Waals surface area contributed by atoms with Crippen molar-refractivity contribution >= 4 is 46.4 Å². The Kier molecular flexibility index (Phi) is 12.5. The minimum absolute atomic E-state index is 0.0725. The fraction of sp³-hybridized carbons (Fsp3) is 0.550. The maximum atomic E-state index is 8.57. The van der Waals surface area contributed by atoms with Crippen LogP contribution in [-0.2, 0) is 6.54 Å². The summed E-state index contributed by atoms with van der Waals surface area (Å²) < 4.78 is 1.91. The van der Waals surface area contributed by atoms with Crippen LogP contribution < -0.4 is 5.73 Å². The molecule has 0 radical (unpaired) electrons. The SMILES string of the molecule is C/C(=C\Cn1ccc2c(Cl)nc(N)nc21)C(Cl)C(C)/C=N/O.CC.CC(C)C. The van der Waals surface area contributed by atoms with Gasteiger partial charge in [-0.3, -0.25) is 0 Å². The van der Waals surface area contributed by atoms with Gasteiger partial charge in [-0.25, -0.2) is 4.98 Å². The zero-order valence-corrected chi connectivity index (χ0v) is 19.3. The highest BCUT2D eigenvalue weighted by atomic mass is 35.5. The molecule has 2 aromatic rings. The van der Waals surface area contributed by atoms with Gasteiger partial charge in [0.05, 0.1) is 10.8 Å². The highest BCUT2D eigenvalue weighted by Gasteiger charge is 2.15. The summed E-state index contributed by atoms with van der Waals surface area (Å²) in [5.74, 6) is 0.901. The van der Waals surface area contributed by atoms with Crippen molar-refractivity contribution < 1.29 is 5.21 Å². The van der Waals surface area contributed by atoms with E-state index in [1.165, 1.54) is 6.21 Å². The Hall–Kier alpha value is -1.79. The van der Waals surface area contributed by atoms with Crippen LogP contribution in [0.25, 0.3) is 11.0 Å². The number of fused-ring (bicyclic) bond motifs is 1.